The number of hydrogen-bond acceptors (Lipinski definition) is 7. The zero-order chi connectivity index (χ0) is 17.9. The Kier molecular flexibility index (Phi) is 4.88. The number of amidine groups is 1. The molecule has 26 heavy (non-hydrogen) atoms. The van der Waals surface area contributed by atoms with Gasteiger partial charge in [-0.2, -0.15) is 9.97 Å². The summed E-state index contributed by atoms with van der Waals surface area (Å²) in [6.45, 7) is 2.95. The maximum absolute atomic E-state index is 5.76. The minimum Gasteiger partial charge on any atom is -0.399 e. The van der Waals surface area contributed by atoms with Crippen molar-refractivity contribution in [3.63, 3.8) is 0 Å². The number of benzene rings is 1. The summed E-state index contributed by atoms with van der Waals surface area (Å²) in [4.78, 5) is 19.4. The van der Waals surface area contributed by atoms with E-state index in [1.54, 1.807) is 0 Å². The molecular weight excluding hydrogens is 344 g/mol. The lowest BCUT2D eigenvalue weighted by Crippen LogP contribution is -2.12. The van der Waals surface area contributed by atoms with E-state index in [9.17, 15) is 0 Å². The quantitative estimate of drug-likeness (QED) is 0.750. The van der Waals surface area contributed by atoms with Crippen LogP contribution in [0.2, 0.25) is 0 Å². The normalized spacial score (nSPS) is 16.3. The van der Waals surface area contributed by atoms with Crippen molar-refractivity contribution >= 4 is 29.2 Å². The lowest BCUT2D eigenvalue weighted by Gasteiger charge is -2.08. The van der Waals surface area contributed by atoms with Crippen molar-refractivity contribution in [1.82, 2.24) is 15.0 Å². The van der Waals surface area contributed by atoms with Crippen LogP contribution in [0.4, 0.5) is 11.6 Å². The molecule has 1 aromatic heterocycles. The lowest BCUT2D eigenvalue weighted by molar-refractivity contribution is 0.816. The predicted octanol–water partition coefficient (Wildman–Crippen LogP) is 4.03. The molecular formula is C19H22N6S. The summed E-state index contributed by atoms with van der Waals surface area (Å²) in [7, 11) is 0. The molecule has 0 radical (unpaired) electrons. The minimum atomic E-state index is 0.459. The second-order valence-electron chi connectivity index (χ2n) is 6.62. The Hall–Kier alpha value is -2.41. The molecule has 3 N–H and O–H groups in total. The van der Waals surface area contributed by atoms with Crippen LogP contribution in [-0.2, 0) is 0 Å². The fourth-order valence-corrected chi connectivity index (χ4v) is 3.53. The van der Waals surface area contributed by atoms with Crippen molar-refractivity contribution in [2.45, 2.75) is 48.6 Å². The van der Waals surface area contributed by atoms with Gasteiger partial charge in [0.05, 0.1) is 6.54 Å². The summed E-state index contributed by atoms with van der Waals surface area (Å²) in [5.74, 6) is 2.75. The first kappa shape index (κ1) is 17.0. The molecule has 2 aliphatic rings. The molecule has 2 aromatic rings. The van der Waals surface area contributed by atoms with E-state index >= 15 is 0 Å². The van der Waals surface area contributed by atoms with Crippen LogP contribution >= 0.6 is 11.8 Å². The second kappa shape index (κ2) is 7.45. The maximum Gasteiger partial charge on any atom is 0.232 e. The minimum absolute atomic E-state index is 0.459. The van der Waals surface area contributed by atoms with E-state index in [0.717, 1.165) is 54.5 Å². The lowest BCUT2D eigenvalue weighted by atomic mass is 10.1. The topological polar surface area (TPSA) is 89.1 Å². The highest BCUT2D eigenvalue weighted by Gasteiger charge is 2.28. The molecule has 1 saturated carbocycles. The van der Waals surface area contributed by atoms with E-state index in [0.29, 0.717) is 17.0 Å². The smallest absolute Gasteiger partial charge is 0.232 e. The average molecular weight is 366 g/mol. The van der Waals surface area contributed by atoms with E-state index in [2.05, 4.69) is 38.3 Å². The first-order valence-corrected chi connectivity index (χ1v) is 9.81. The van der Waals surface area contributed by atoms with Crippen LogP contribution in [0.15, 0.2) is 51.0 Å². The van der Waals surface area contributed by atoms with Crippen LogP contribution in [-0.4, -0.2) is 27.3 Å². The van der Waals surface area contributed by atoms with Gasteiger partial charge in [-0.25, -0.2) is 4.98 Å². The van der Waals surface area contributed by atoms with E-state index in [4.69, 9.17) is 5.73 Å². The fraction of sp³-hybridized carbons (Fsp3) is 0.368. The van der Waals surface area contributed by atoms with Crippen molar-refractivity contribution in [3.05, 3.63) is 41.7 Å². The number of nitrogens with zero attached hydrogens (tertiary/aromatic N) is 4. The number of nitrogen functional groups attached to an aromatic ring is 1. The van der Waals surface area contributed by atoms with Gasteiger partial charge in [-0.05, 0) is 66.9 Å². The SMILES string of the molecule is CCCC1=CC(Nc2nc(Sc3ccc(N)cc3)nc(C3CC3)n2)=NC1. The standard InChI is InChI=1S/C19H22N6S/c1-2-3-12-10-16(21-11-12)22-18-23-17(13-4-5-13)24-19(25-18)26-15-8-6-14(20)7-9-15/h6-10,13H,2-5,11,20H2,1H3,(H,21,22,23,24,25). The van der Waals surface area contributed by atoms with Gasteiger partial charge in [-0.3, -0.25) is 4.99 Å². The molecule has 1 aliphatic carbocycles. The van der Waals surface area contributed by atoms with Gasteiger partial charge in [0.25, 0.3) is 0 Å². The maximum atomic E-state index is 5.76. The van der Waals surface area contributed by atoms with Crippen LogP contribution in [0.1, 0.15) is 44.3 Å². The van der Waals surface area contributed by atoms with Crippen LogP contribution in [0, 0.1) is 0 Å². The summed E-state index contributed by atoms with van der Waals surface area (Å²) >= 11 is 1.52. The largest absolute Gasteiger partial charge is 0.399 e. The van der Waals surface area contributed by atoms with Crippen LogP contribution in [0.3, 0.4) is 0 Å². The van der Waals surface area contributed by atoms with Gasteiger partial charge in [-0.1, -0.05) is 13.3 Å². The predicted molar refractivity (Wildman–Crippen MR) is 106 cm³/mol. The Balaban J connectivity index is 1.54. The van der Waals surface area contributed by atoms with Gasteiger partial charge in [0, 0.05) is 16.5 Å². The van der Waals surface area contributed by atoms with E-state index in [1.165, 1.54) is 17.3 Å². The number of rotatable bonds is 6. The van der Waals surface area contributed by atoms with Gasteiger partial charge in [0.2, 0.25) is 5.95 Å². The molecule has 0 saturated heterocycles. The highest BCUT2D eigenvalue weighted by atomic mass is 32.2. The first-order chi connectivity index (χ1) is 12.7. The van der Waals surface area contributed by atoms with Crippen LogP contribution in [0.25, 0.3) is 0 Å². The molecule has 7 heteroatoms. The number of aliphatic imine (C=N–C) groups is 1. The van der Waals surface area contributed by atoms with Crippen LogP contribution < -0.4 is 11.1 Å². The summed E-state index contributed by atoms with van der Waals surface area (Å²) < 4.78 is 0. The summed E-state index contributed by atoms with van der Waals surface area (Å²) in [6, 6.07) is 7.73. The summed E-state index contributed by atoms with van der Waals surface area (Å²) in [5, 5.41) is 3.97. The molecule has 0 spiro atoms. The van der Waals surface area contributed by atoms with Crippen LogP contribution in [0.5, 0.6) is 0 Å². The van der Waals surface area contributed by atoms with Gasteiger partial charge in [0.1, 0.15) is 11.7 Å². The molecule has 2 heterocycles. The summed E-state index contributed by atoms with van der Waals surface area (Å²) in [6.07, 6.45) is 6.62. The van der Waals surface area contributed by atoms with E-state index < -0.39 is 0 Å². The van der Waals surface area contributed by atoms with Crippen molar-refractivity contribution < 1.29 is 0 Å². The third kappa shape index (κ3) is 4.22. The third-order valence-corrected chi connectivity index (χ3v) is 5.14. The molecule has 134 valence electrons. The highest BCUT2D eigenvalue weighted by Crippen LogP contribution is 2.39. The number of aromatic nitrogens is 3. The van der Waals surface area contributed by atoms with Gasteiger partial charge < -0.3 is 11.1 Å². The second-order valence-corrected chi connectivity index (χ2v) is 7.66. The number of hydrogen-bond donors (Lipinski definition) is 2. The number of nitrogens with two attached hydrogens (primary N) is 1. The molecule has 6 nitrogen and oxygen atoms in total. The van der Waals surface area contributed by atoms with E-state index in [-0.39, 0.29) is 0 Å². The zero-order valence-corrected chi connectivity index (χ0v) is 15.6. The first-order valence-electron chi connectivity index (χ1n) is 9.00. The molecule has 0 unspecified atom stereocenters. The Bertz CT molecular complexity index is 855. The van der Waals surface area contributed by atoms with E-state index in [1.807, 2.05) is 24.3 Å². The molecule has 0 bridgehead atoms. The summed E-state index contributed by atoms with van der Waals surface area (Å²) in [5.41, 5.74) is 7.86. The van der Waals surface area contributed by atoms with Gasteiger partial charge in [0.15, 0.2) is 5.16 Å². The molecule has 0 amide bonds. The highest BCUT2D eigenvalue weighted by molar-refractivity contribution is 7.99. The number of anilines is 2. The van der Waals surface area contributed by atoms with Gasteiger partial charge in [-0.15, -0.1) is 0 Å². The van der Waals surface area contributed by atoms with Crippen molar-refractivity contribution in [1.29, 1.82) is 0 Å². The zero-order valence-electron chi connectivity index (χ0n) is 14.8. The Morgan fingerprint density at radius 3 is 2.69 bits per heavy atom. The van der Waals surface area contributed by atoms with Crippen molar-refractivity contribution in [2.24, 2.45) is 4.99 Å². The molecule has 1 aliphatic heterocycles. The fourth-order valence-electron chi connectivity index (χ4n) is 2.77. The Morgan fingerprint density at radius 1 is 1.15 bits per heavy atom. The monoisotopic (exact) mass is 366 g/mol. The third-order valence-electron chi connectivity index (χ3n) is 4.27. The molecule has 4 rings (SSSR count). The Morgan fingerprint density at radius 2 is 1.96 bits per heavy atom. The van der Waals surface area contributed by atoms with Crippen molar-refractivity contribution in [2.75, 3.05) is 17.6 Å². The van der Waals surface area contributed by atoms with Crippen molar-refractivity contribution in [3.8, 4) is 0 Å². The molecule has 1 aromatic carbocycles. The molecule has 1 fully saturated rings. The Labute approximate surface area is 157 Å². The average Bonchev–Trinajstić information content (AvgIpc) is 3.39. The van der Waals surface area contributed by atoms with Gasteiger partial charge >= 0.3 is 0 Å². The molecule has 0 atom stereocenters. The number of nitrogens with one attached hydrogen (secondary N) is 1.